The number of nitrogens with one attached hydrogen (secondary N) is 2. The summed E-state index contributed by atoms with van der Waals surface area (Å²) in [4.78, 5) is 19.0. The number of aryl methyl sites for hydroxylation is 1. The maximum absolute atomic E-state index is 12.7. The molecule has 0 fully saturated rings. The second-order valence-corrected chi connectivity index (χ2v) is 6.96. The Labute approximate surface area is 166 Å². The fourth-order valence-corrected chi connectivity index (χ4v) is 2.70. The molecule has 0 saturated carbocycles. The molecule has 0 spiro atoms. The van der Waals surface area contributed by atoms with Crippen LogP contribution in [0, 0.1) is 6.92 Å². The van der Waals surface area contributed by atoms with Crippen molar-refractivity contribution in [3.05, 3.63) is 35.5 Å². The lowest BCUT2D eigenvalue weighted by molar-refractivity contribution is 0.102. The first-order chi connectivity index (χ1) is 13.5. The van der Waals surface area contributed by atoms with Crippen LogP contribution in [-0.4, -0.2) is 48.3 Å². The molecular weight excluding hydrogens is 354 g/mol. The number of hydrogen-bond acceptors (Lipinski definition) is 7. The Morgan fingerprint density at radius 2 is 1.79 bits per heavy atom. The minimum atomic E-state index is -0.259. The second kappa shape index (κ2) is 11.2. The molecule has 0 aliphatic rings. The highest BCUT2D eigenvalue weighted by Crippen LogP contribution is 2.17. The molecule has 0 unspecified atom stereocenters. The van der Waals surface area contributed by atoms with Crippen molar-refractivity contribution in [3.63, 3.8) is 0 Å². The van der Waals surface area contributed by atoms with Gasteiger partial charge in [-0.05, 0) is 50.6 Å². The van der Waals surface area contributed by atoms with Crippen LogP contribution in [0.2, 0.25) is 0 Å². The van der Waals surface area contributed by atoms with E-state index in [9.17, 15) is 4.79 Å². The number of carbonyl (C=O) groups is 1. The van der Waals surface area contributed by atoms with Crippen LogP contribution in [0.4, 0.5) is 17.5 Å². The summed E-state index contributed by atoms with van der Waals surface area (Å²) < 4.78 is 0. The molecule has 8 nitrogen and oxygen atoms in total. The van der Waals surface area contributed by atoms with Gasteiger partial charge in [-0.15, -0.1) is 10.2 Å². The van der Waals surface area contributed by atoms with Crippen LogP contribution >= 0.6 is 0 Å². The highest BCUT2D eigenvalue weighted by molar-refractivity contribution is 6.07. The molecule has 0 aliphatic heterocycles. The monoisotopic (exact) mass is 385 g/mol. The lowest BCUT2D eigenvalue weighted by atomic mass is 10.1. The van der Waals surface area contributed by atoms with Crippen molar-refractivity contribution in [2.24, 2.45) is 5.73 Å². The van der Waals surface area contributed by atoms with Gasteiger partial charge < -0.3 is 21.3 Å². The highest BCUT2D eigenvalue weighted by atomic mass is 16.1. The van der Waals surface area contributed by atoms with Crippen molar-refractivity contribution >= 4 is 23.4 Å². The predicted molar refractivity (Wildman–Crippen MR) is 114 cm³/mol. The Morgan fingerprint density at radius 3 is 2.46 bits per heavy atom. The number of rotatable bonds is 11. The Morgan fingerprint density at radius 1 is 1.04 bits per heavy atom. The molecule has 0 atom stereocenters. The standard InChI is InChI=1S/C20H31N7O/c1-15-9-10-16(19(23-15)22-14-8-6-4-5-7-13-21)20(28)24-17-11-12-18(26-25-17)27(2)3/h9-12H,4-8,13-14,21H2,1-3H3,(H,22,23)(H,24,25,28). The van der Waals surface area contributed by atoms with Gasteiger partial charge in [0.1, 0.15) is 5.82 Å². The van der Waals surface area contributed by atoms with Gasteiger partial charge in [0.25, 0.3) is 5.91 Å². The molecular formula is C20H31N7O. The molecule has 0 aromatic carbocycles. The number of pyridine rings is 1. The first kappa shape index (κ1) is 21.6. The van der Waals surface area contributed by atoms with Crippen molar-refractivity contribution < 1.29 is 4.79 Å². The summed E-state index contributed by atoms with van der Waals surface area (Å²) in [5.41, 5.74) is 6.86. The number of unbranched alkanes of at least 4 members (excludes halogenated alkanes) is 4. The quantitative estimate of drug-likeness (QED) is 0.510. The van der Waals surface area contributed by atoms with Crippen molar-refractivity contribution in [3.8, 4) is 0 Å². The van der Waals surface area contributed by atoms with Gasteiger partial charge in [-0.3, -0.25) is 4.79 Å². The zero-order chi connectivity index (χ0) is 20.4. The van der Waals surface area contributed by atoms with E-state index in [0.717, 1.165) is 43.9 Å². The molecule has 1 amide bonds. The average molecular weight is 386 g/mol. The van der Waals surface area contributed by atoms with E-state index in [1.807, 2.05) is 32.0 Å². The van der Waals surface area contributed by atoms with Crippen LogP contribution in [0.3, 0.4) is 0 Å². The van der Waals surface area contributed by atoms with Crippen LogP contribution in [0.15, 0.2) is 24.3 Å². The van der Waals surface area contributed by atoms with E-state index >= 15 is 0 Å². The molecule has 2 aromatic heterocycles. The summed E-state index contributed by atoms with van der Waals surface area (Å²) in [6.45, 7) is 3.44. The van der Waals surface area contributed by atoms with Crippen LogP contribution < -0.4 is 21.3 Å². The third kappa shape index (κ3) is 6.77. The number of hydrogen-bond donors (Lipinski definition) is 3. The molecule has 0 aliphatic carbocycles. The van der Waals surface area contributed by atoms with E-state index in [1.54, 1.807) is 18.2 Å². The molecule has 2 rings (SSSR count). The normalized spacial score (nSPS) is 10.6. The Bertz CT molecular complexity index is 747. The molecule has 2 heterocycles. The molecule has 2 aromatic rings. The number of carbonyl (C=O) groups excluding carboxylic acids is 1. The summed E-state index contributed by atoms with van der Waals surface area (Å²) in [7, 11) is 3.77. The maximum Gasteiger partial charge on any atom is 0.260 e. The van der Waals surface area contributed by atoms with E-state index in [-0.39, 0.29) is 5.91 Å². The van der Waals surface area contributed by atoms with E-state index in [0.29, 0.717) is 17.2 Å². The topological polar surface area (TPSA) is 109 Å². The number of nitrogens with zero attached hydrogens (tertiary/aromatic N) is 4. The second-order valence-electron chi connectivity index (χ2n) is 6.96. The van der Waals surface area contributed by atoms with E-state index < -0.39 is 0 Å². The summed E-state index contributed by atoms with van der Waals surface area (Å²) in [6.07, 6.45) is 5.58. The molecule has 28 heavy (non-hydrogen) atoms. The van der Waals surface area contributed by atoms with Gasteiger partial charge in [0.2, 0.25) is 0 Å². The predicted octanol–water partition coefficient (Wildman–Crippen LogP) is 2.82. The minimum absolute atomic E-state index is 0.259. The Hall–Kier alpha value is -2.74. The zero-order valence-corrected chi connectivity index (χ0v) is 17.0. The van der Waals surface area contributed by atoms with Crippen molar-refractivity contribution in [2.45, 2.75) is 39.0 Å². The molecule has 0 radical (unpaired) electrons. The van der Waals surface area contributed by atoms with Crippen LogP contribution in [0.25, 0.3) is 0 Å². The Kier molecular flexibility index (Phi) is 8.61. The average Bonchev–Trinajstić information content (AvgIpc) is 2.67. The first-order valence-electron chi connectivity index (χ1n) is 9.75. The van der Waals surface area contributed by atoms with Gasteiger partial charge in [-0.2, -0.15) is 0 Å². The summed E-state index contributed by atoms with van der Waals surface area (Å²) in [5, 5.41) is 14.2. The number of anilines is 3. The zero-order valence-electron chi connectivity index (χ0n) is 17.0. The van der Waals surface area contributed by atoms with Crippen LogP contribution in [-0.2, 0) is 0 Å². The van der Waals surface area contributed by atoms with Crippen molar-refractivity contribution in [1.29, 1.82) is 0 Å². The van der Waals surface area contributed by atoms with Crippen molar-refractivity contribution in [1.82, 2.24) is 15.2 Å². The fraction of sp³-hybridized carbons (Fsp3) is 0.500. The van der Waals surface area contributed by atoms with Crippen LogP contribution in [0.1, 0.15) is 48.2 Å². The van der Waals surface area contributed by atoms with Crippen LogP contribution in [0.5, 0.6) is 0 Å². The molecule has 8 heteroatoms. The van der Waals surface area contributed by atoms with Crippen molar-refractivity contribution in [2.75, 3.05) is 42.7 Å². The Balaban J connectivity index is 1.95. The summed E-state index contributed by atoms with van der Waals surface area (Å²) in [5.74, 6) is 1.47. The van der Waals surface area contributed by atoms with Gasteiger partial charge >= 0.3 is 0 Å². The fourth-order valence-electron chi connectivity index (χ4n) is 2.70. The van der Waals surface area contributed by atoms with Gasteiger partial charge in [0, 0.05) is 26.3 Å². The summed E-state index contributed by atoms with van der Waals surface area (Å²) >= 11 is 0. The third-order valence-corrected chi connectivity index (χ3v) is 4.30. The van der Waals surface area contributed by atoms with E-state index in [4.69, 9.17) is 5.73 Å². The smallest absolute Gasteiger partial charge is 0.260 e. The van der Waals surface area contributed by atoms with Gasteiger partial charge in [0.05, 0.1) is 5.56 Å². The van der Waals surface area contributed by atoms with Gasteiger partial charge in [0.15, 0.2) is 11.6 Å². The minimum Gasteiger partial charge on any atom is -0.369 e. The number of aromatic nitrogens is 3. The molecule has 152 valence electrons. The molecule has 0 bridgehead atoms. The lowest BCUT2D eigenvalue weighted by Gasteiger charge is -2.13. The number of amides is 1. The van der Waals surface area contributed by atoms with Gasteiger partial charge in [-0.25, -0.2) is 4.98 Å². The first-order valence-corrected chi connectivity index (χ1v) is 9.75. The molecule has 0 saturated heterocycles. The van der Waals surface area contributed by atoms with E-state index in [2.05, 4.69) is 25.8 Å². The molecule has 4 N–H and O–H groups in total. The largest absolute Gasteiger partial charge is 0.369 e. The maximum atomic E-state index is 12.7. The third-order valence-electron chi connectivity index (χ3n) is 4.30. The number of nitrogens with two attached hydrogens (primary N) is 1. The van der Waals surface area contributed by atoms with Gasteiger partial charge in [-0.1, -0.05) is 19.3 Å². The lowest BCUT2D eigenvalue weighted by Crippen LogP contribution is -2.18. The SMILES string of the molecule is Cc1ccc(C(=O)Nc2ccc(N(C)C)nn2)c(NCCCCCCCN)n1. The highest BCUT2D eigenvalue weighted by Gasteiger charge is 2.14. The van der Waals surface area contributed by atoms with E-state index in [1.165, 1.54) is 12.8 Å². The summed E-state index contributed by atoms with van der Waals surface area (Å²) in [6, 6.07) is 7.15.